The summed E-state index contributed by atoms with van der Waals surface area (Å²) in [7, 11) is 1.78. The van der Waals surface area contributed by atoms with Crippen molar-refractivity contribution in [1.29, 1.82) is 0 Å². The van der Waals surface area contributed by atoms with Crippen LogP contribution in [-0.4, -0.2) is 48.3 Å². The highest BCUT2D eigenvalue weighted by Crippen LogP contribution is 2.35. The van der Waals surface area contributed by atoms with Gasteiger partial charge in [-0.15, -0.1) is 0 Å². The van der Waals surface area contributed by atoms with Crippen LogP contribution in [0.4, 0.5) is 15.9 Å². The number of nitrogens with zero attached hydrogens (tertiary/aromatic N) is 3. The predicted octanol–water partition coefficient (Wildman–Crippen LogP) is 2.44. The van der Waals surface area contributed by atoms with Crippen molar-refractivity contribution >= 4 is 33.4 Å². The van der Waals surface area contributed by atoms with Crippen LogP contribution in [0.3, 0.4) is 0 Å². The predicted molar refractivity (Wildman–Crippen MR) is 88.7 cm³/mol. The minimum Gasteiger partial charge on any atom is -0.386 e. The molecule has 1 saturated heterocycles. The van der Waals surface area contributed by atoms with Crippen LogP contribution < -0.4 is 10.2 Å². The summed E-state index contributed by atoms with van der Waals surface area (Å²) in [6.45, 7) is 4.75. The fourth-order valence-corrected chi connectivity index (χ4v) is 3.15. The molecule has 0 atom stereocenters. The molecule has 1 fully saturated rings. The number of aromatic nitrogens is 3. The van der Waals surface area contributed by atoms with Gasteiger partial charge in [-0.3, -0.25) is 0 Å². The van der Waals surface area contributed by atoms with Gasteiger partial charge in [0.1, 0.15) is 23.1 Å². The van der Waals surface area contributed by atoms with Crippen molar-refractivity contribution in [1.82, 2.24) is 15.0 Å². The average Bonchev–Trinajstić information content (AvgIpc) is 2.92. The number of hydrogen-bond acceptors (Lipinski definition) is 5. The summed E-state index contributed by atoms with van der Waals surface area (Å²) in [5.74, 6) is 1.25. The van der Waals surface area contributed by atoms with E-state index in [1.165, 1.54) is 12.1 Å². The van der Waals surface area contributed by atoms with E-state index in [0.29, 0.717) is 24.7 Å². The SMILES string of the molecule is CNc1cc(F)cc2c1[nH]c1nc(C)nc(N3CCOCC3)c12. The van der Waals surface area contributed by atoms with E-state index in [0.717, 1.165) is 40.8 Å². The number of nitrogens with one attached hydrogen (secondary N) is 2. The molecule has 1 aromatic carbocycles. The van der Waals surface area contributed by atoms with Crippen molar-refractivity contribution < 1.29 is 9.13 Å². The zero-order valence-corrected chi connectivity index (χ0v) is 13.1. The van der Waals surface area contributed by atoms with E-state index < -0.39 is 0 Å². The first-order valence-electron chi connectivity index (χ1n) is 7.67. The van der Waals surface area contributed by atoms with E-state index >= 15 is 0 Å². The van der Waals surface area contributed by atoms with E-state index in [1.807, 2.05) is 6.92 Å². The fraction of sp³-hybridized carbons (Fsp3) is 0.375. The number of anilines is 2. The third kappa shape index (κ3) is 2.28. The average molecular weight is 315 g/mol. The molecule has 0 amide bonds. The van der Waals surface area contributed by atoms with Gasteiger partial charge in [-0.2, -0.15) is 0 Å². The zero-order chi connectivity index (χ0) is 16.0. The standard InChI is InChI=1S/C16H18FN5O/c1-9-19-15-13(16(20-9)22-3-5-23-6-4-22)11-7-10(17)8-12(18-2)14(11)21-15/h7-8,18H,3-6H2,1-2H3,(H,19,20,21). The van der Waals surface area contributed by atoms with E-state index in [4.69, 9.17) is 4.74 Å². The van der Waals surface area contributed by atoms with Gasteiger partial charge < -0.3 is 19.9 Å². The second-order valence-electron chi connectivity index (χ2n) is 5.67. The summed E-state index contributed by atoms with van der Waals surface area (Å²) in [4.78, 5) is 14.6. The van der Waals surface area contributed by atoms with Gasteiger partial charge in [-0.05, 0) is 19.1 Å². The Balaban J connectivity index is 2.05. The van der Waals surface area contributed by atoms with Crippen LogP contribution in [0.2, 0.25) is 0 Å². The normalized spacial score (nSPS) is 15.5. The molecule has 0 radical (unpaired) electrons. The molecule has 4 rings (SSSR count). The molecule has 2 N–H and O–H groups in total. The topological polar surface area (TPSA) is 66.1 Å². The van der Waals surface area contributed by atoms with Crippen molar-refractivity contribution in [2.75, 3.05) is 43.6 Å². The number of morpholine rings is 1. The number of hydrogen-bond donors (Lipinski definition) is 2. The smallest absolute Gasteiger partial charge is 0.144 e. The van der Waals surface area contributed by atoms with Crippen LogP contribution in [0.5, 0.6) is 0 Å². The maximum absolute atomic E-state index is 14.0. The van der Waals surface area contributed by atoms with Crippen molar-refractivity contribution in [3.63, 3.8) is 0 Å². The molecule has 6 nitrogen and oxygen atoms in total. The van der Waals surface area contributed by atoms with Gasteiger partial charge in [0, 0.05) is 25.5 Å². The number of rotatable bonds is 2. The zero-order valence-electron chi connectivity index (χ0n) is 13.1. The minimum atomic E-state index is -0.281. The van der Waals surface area contributed by atoms with E-state index in [1.54, 1.807) is 7.05 Å². The molecular formula is C16H18FN5O. The summed E-state index contributed by atoms with van der Waals surface area (Å²) in [6, 6.07) is 3.02. The van der Waals surface area contributed by atoms with Crippen molar-refractivity contribution in [2.45, 2.75) is 6.92 Å². The van der Waals surface area contributed by atoms with Crippen LogP contribution in [0, 0.1) is 12.7 Å². The number of ether oxygens (including phenoxy) is 1. The highest BCUT2D eigenvalue weighted by Gasteiger charge is 2.21. The lowest BCUT2D eigenvalue weighted by Gasteiger charge is -2.28. The van der Waals surface area contributed by atoms with Gasteiger partial charge in [0.05, 0.1) is 29.8 Å². The Hall–Kier alpha value is -2.41. The molecule has 120 valence electrons. The first kappa shape index (κ1) is 14.2. The summed E-state index contributed by atoms with van der Waals surface area (Å²) in [6.07, 6.45) is 0. The monoisotopic (exact) mass is 315 g/mol. The molecule has 0 aliphatic carbocycles. The molecule has 0 saturated carbocycles. The lowest BCUT2D eigenvalue weighted by molar-refractivity contribution is 0.122. The molecule has 0 bridgehead atoms. The first-order chi connectivity index (χ1) is 11.2. The third-order valence-corrected chi connectivity index (χ3v) is 4.20. The van der Waals surface area contributed by atoms with Gasteiger partial charge in [0.25, 0.3) is 0 Å². The van der Waals surface area contributed by atoms with Gasteiger partial charge in [0.15, 0.2) is 0 Å². The highest BCUT2D eigenvalue weighted by molar-refractivity contribution is 6.14. The minimum absolute atomic E-state index is 0.281. The van der Waals surface area contributed by atoms with Crippen LogP contribution in [0.1, 0.15) is 5.82 Å². The molecule has 23 heavy (non-hydrogen) atoms. The molecule has 0 spiro atoms. The van der Waals surface area contributed by atoms with Gasteiger partial charge in [-0.1, -0.05) is 0 Å². The summed E-state index contributed by atoms with van der Waals surface area (Å²) >= 11 is 0. The quantitative estimate of drug-likeness (QED) is 0.760. The van der Waals surface area contributed by atoms with Gasteiger partial charge >= 0.3 is 0 Å². The van der Waals surface area contributed by atoms with Crippen molar-refractivity contribution in [3.8, 4) is 0 Å². The molecule has 0 unspecified atom stereocenters. The lowest BCUT2D eigenvalue weighted by Crippen LogP contribution is -2.37. The molecule has 1 aliphatic heterocycles. The van der Waals surface area contributed by atoms with E-state index in [9.17, 15) is 4.39 Å². The Kier molecular flexibility index (Phi) is 3.30. The molecule has 2 aromatic heterocycles. The number of H-pyrrole nitrogens is 1. The largest absolute Gasteiger partial charge is 0.386 e. The molecule has 7 heteroatoms. The maximum Gasteiger partial charge on any atom is 0.144 e. The van der Waals surface area contributed by atoms with Crippen LogP contribution in [-0.2, 0) is 4.74 Å². The summed E-state index contributed by atoms with van der Waals surface area (Å²) < 4.78 is 19.4. The Bertz CT molecular complexity index is 885. The third-order valence-electron chi connectivity index (χ3n) is 4.20. The first-order valence-corrected chi connectivity index (χ1v) is 7.67. The Morgan fingerprint density at radius 2 is 2.04 bits per heavy atom. The Morgan fingerprint density at radius 3 is 2.78 bits per heavy atom. The number of aryl methyl sites for hydroxylation is 1. The Morgan fingerprint density at radius 1 is 1.26 bits per heavy atom. The van der Waals surface area contributed by atoms with Crippen LogP contribution in [0.25, 0.3) is 21.9 Å². The van der Waals surface area contributed by atoms with Crippen LogP contribution in [0.15, 0.2) is 12.1 Å². The second kappa shape index (κ2) is 5.34. The number of fused-ring (bicyclic) bond motifs is 3. The van der Waals surface area contributed by atoms with Crippen molar-refractivity contribution in [3.05, 3.63) is 23.8 Å². The van der Waals surface area contributed by atoms with Crippen molar-refractivity contribution in [2.24, 2.45) is 0 Å². The van der Waals surface area contributed by atoms with E-state index in [-0.39, 0.29) is 5.82 Å². The number of halogens is 1. The molecular weight excluding hydrogens is 297 g/mol. The summed E-state index contributed by atoms with van der Waals surface area (Å²) in [5.41, 5.74) is 2.29. The highest BCUT2D eigenvalue weighted by atomic mass is 19.1. The maximum atomic E-state index is 14.0. The molecule has 3 heterocycles. The number of benzene rings is 1. The van der Waals surface area contributed by atoms with Gasteiger partial charge in [0.2, 0.25) is 0 Å². The lowest BCUT2D eigenvalue weighted by atomic mass is 10.1. The number of aromatic amines is 1. The molecule has 1 aliphatic rings. The second-order valence-corrected chi connectivity index (χ2v) is 5.67. The Labute approximate surface area is 132 Å². The van der Waals surface area contributed by atoms with Crippen LogP contribution >= 0.6 is 0 Å². The van der Waals surface area contributed by atoms with E-state index in [2.05, 4.69) is 25.2 Å². The fourth-order valence-electron chi connectivity index (χ4n) is 3.15. The molecule has 3 aromatic rings. The van der Waals surface area contributed by atoms with Gasteiger partial charge in [-0.25, -0.2) is 14.4 Å². The summed E-state index contributed by atoms with van der Waals surface area (Å²) in [5, 5.41) is 4.69.